The summed E-state index contributed by atoms with van der Waals surface area (Å²) in [5.74, 6) is 0.869. The second-order valence-electron chi connectivity index (χ2n) is 4.62. The molecule has 1 unspecified atom stereocenters. The van der Waals surface area contributed by atoms with Crippen LogP contribution in [-0.4, -0.2) is 24.4 Å². The zero-order valence-corrected chi connectivity index (χ0v) is 13.2. The number of hydrogen-bond donors (Lipinski definition) is 1. The molecule has 4 heteroatoms. The Bertz CT molecular complexity index is 610. The first-order valence-electron chi connectivity index (χ1n) is 6.60. The van der Waals surface area contributed by atoms with Gasteiger partial charge in [-0.1, -0.05) is 46.3 Å². The van der Waals surface area contributed by atoms with E-state index in [0.717, 1.165) is 17.7 Å². The van der Waals surface area contributed by atoms with Gasteiger partial charge in [0.25, 0.3) is 0 Å². The van der Waals surface area contributed by atoms with Gasteiger partial charge in [0, 0.05) is 12.1 Å². The maximum Gasteiger partial charge on any atom is 0.233 e. The Hall–Kier alpha value is -1.55. The van der Waals surface area contributed by atoms with Gasteiger partial charge in [0.2, 0.25) is 5.91 Å². The molecule has 1 atom stereocenters. The third kappa shape index (κ3) is 3.31. The summed E-state index contributed by atoms with van der Waals surface area (Å²) in [6, 6.07) is 12.2. The number of ether oxygens (including phenoxy) is 1. The first-order chi connectivity index (χ1) is 9.63. The van der Waals surface area contributed by atoms with E-state index in [2.05, 4.69) is 39.4 Å². The molecule has 2 aromatic rings. The second-order valence-corrected chi connectivity index (χ2v) is 6.00. The van der Waals surface area contributed by atoms with Gasteiger partial charge in [-0.15, -0.1) is 0 Å². The standard InChI is InChI=1S/C16H18BrNO2/c1-11(17)16(19)18-10-9-14-13-6-4-3-5-12(13)7-8-15(14)20-2/h3-8,11H,9-10H2,1-2H3,(H,18,19). The summed E-state index contributed by atoms with van der Waals surface area (Å²) in [4.78, 5) is 11.4. The fourth-order valence-corrected chi connectivity index (χ4v) is 2.38. The van der Waals surface area contributed by atoms with E-state index < -0.39 is 0 Å². The maximum atomic E-state index is 11.6. The van der Waals surface area contributed by atoms with Crippen molar-refractivity contribution in [3.8, 4) is 5.75 Å². The van der Waals surface area contributed by atoms with E-state index in [9.17, 15) is 4.79 Å². The Balaban J connectivity index is 2.21. The first-order valence-corrected chi connectivity index (χ1v) is 7.51. The predicted octanol–water partition coefficient (Wildman–Crippen LogP) is 3.29. The molecular weight excluding hydrogens is 318 g/mol. The van der Waals surface area contributed by atoms with Crippen molar-refractivity contribution in [2.75, 3.05) is 13.7 Å². The smallest absolute Gasteiger partial charge is 0.233 e. The van der Waals surface area contributed by atoms with Crippen LogP contribution in [0, 0.1) is 0 Å². The highest BCUT2D eigenvalue weighted by molar-refractivity contribution is 9.10. The lowest BCUT2D eigenvalue weighted by atomic mass is 10.0. The molecule has 0 heterocycles. The number of halogens is 1. The van der Waals surface area contributed by atoms with Crippen LogP contribution in [0.5, 0.6) is 5.75 Å². The average molecular weight is 336 g/mol. The van der Waals surface area contributed by atoms with Gasteiger partial charge in [-0.3, -0.25) is 4.79 Å². The summed E-state index contributed by atoms with van der Waals surface area (Å²) < 4.78 is 5.44. The normalized spacial score (nSPS) is 12.2. The van der Waals surface area contributed by atoms with Crippen LogP contribution >= 0.6 is 15.9 Å². The van der Waals surface area contributed by atoms with Gasteiger partial charge in [0.1, 0.15) is 5.75 Å². The Labute approximate surface area is 127 Å². The summed E-state index contributed by atoms with van der Waals surface area (Å²) in [6.07, 6.45) is 0.746. The number of alkyl halides is 1. The molecule has 2 rings (SSSR count). The highest BCUT2D eigenvalue weighted by Crippen LogP contribution is 2.28. The molecule has 0 spiro atoms. The molecule has 0 fully saturated rings. The van der Waals surface area contributed by atoms with Gasteiger partial charge >= 0.3 is 0 Å². The fraction of sp³-hybridized carbons (Fsp3) is 0.312. The number of methoxy groups -OCH3 is 1. The van der Waals surface area contributed by atoms with Crippen LogP contribution in [0.2, 0.25) is 0 Å². The summed E-state index contributed by atoms with van der Waals surface area (Å²) >= 11 is 3.26. The van der Waals surface area contributed by atoms with E-state index in [4.69, 9.17) is 4.74 Å². The van der Waals surface area contributed by atoms with Gasteiger partial charge < -0.3 is 10.1 Å². The van der Waals surface area contributed by atoms with E-state index >= 15 is 0 Å². The minimum Gasteiger partial charge on any atom is -0.496 e. The van der Waals surface area contributed by atoms with Crippen molar-refractivity contribution in [3.63, 3.8) is 0 Å². The highest BCUT2D eigenvalue weighted by atomic mass is 79.9. The minimum absolute atomic E-state index is 0.00389. The Morgan fingerprint density at radius 2 is 2.05 bits per heavy atom. The van der Waals surface area contributed by atoms with Crippen LogP contribution in [-0.2, 0) is 11.2 Å². The van der Waals surface area contributed by atoms with Gasteiger partial charge in [0.15, 0.2) is 0 Å². The molecule has 2 aromatic carbocycles. The molecule has 106 valence electrons. The molecule has 0 saturated carbocycles. The van der Waals surface area contributed by atoms with Crippen LogP contribution < -0.4 is 10.1 Å². The quantitative estimate of drug-likeness (QED) is 0.851. The lowest BCUT2D eigenvalue weighted by Crippen LogP contribution is -2.31. The van der Waals surface area contributed by atoms with E-state index in [1.807, 2.05) is 25.1 Å². The van der Waals surface area contributed by atoms with Crippen molar-refractivity contribution in [2.24, 2.45) is 0 Å². The Kier molecular flexibility index (Phi) is 5.01. The monoisotopic (exact) mass is 335 g/mol. The molecule has 0 radical (unpaired) electrons. The summed E-state index contributed by atoms with van der Waals surface area (Å²) in [7, 11) is 1.67. The van der Waals surface area contributed by atoms with Crippen molar-refractivity contribution < 1.29 is 9.53 Å². The molecule has 0 bridgehead atoms. The van der Waals surface area contributed by atoms with E-state index in [1.54, 1.807) is 7.11 Å². The zero-order valence-electron chi connectivity index (χ0n) is 11.7. The zero-order chi connectivity index (χ0) is 14.5. The lowest BCUT2D eigenvalue weighted by Gasteiger charge is -2.13. The van der Waals surface area contributed by atoms with Gasteiger partial charge in [0.05, 0.1) is 11.9 Å². The number of carbonyl (C=O) groups is 1. The number of amides is 1. The lowest BCUT2D eigenvalue weighted by molar-refractivity contribution is -0.120. The molecule has 20 heavy (non-hydrogen) atoms. The molecule has 0 aliphatic carbocycles. The molecule has 0 aliphatic heterocycles. The molecular formula is C16H18BrNO2. The van der Waals surface area contributed by atoms with Crippen LogP contribution in [0.4, 0.5) is 0 Å². The van der Waals surface area contributed by atoms with Crippen LogP contribution in [0.1, 0.15) is 12.5 Å². The average Bonchev–Trinajstić information content (AvgIpc) is 2.47. The number of fused-ring (bicyclic) bond motifs is 1. The minimum atomic E-state index is -0.170. The number of nitrogens with one attached hydrogen (secondary N) is 1. The molecule has 0 saturated heterocycles. The van der Waals surface area contributed by atoms with E-state index in [1.165, 1.54) is 10.8 Å². The highest BCUT2D eigenvalue weighted by Gasteiger charge is 2.10. The van der Waals surface area contributed by atoms with Crippen LogP contribution in [0.15, 0.2) is 36.4 Å². The summed E-state index contributed by atoms with van der Waals surface area (Å²) in [5.41, 5.74) is 1.13. The third-order valence-electron chi connectivity index (χ3n) is 3.25. The summed E-state index contributed by atoms with van der Waals surface area (Å²) in [6.45, 7) is 2.41. The first kappa shape index (κ1) is 14.9. The van der Waals surface area contributed by atoms with Gasteiger partial charge in [-0.25, -0.2) is 0 Å². The summed E-state index contributed by atoms with van der Waals surface area (Å²) in [5, 5.41) is 5.26. The van der Waals surface area contributed by atoms with Crippen molar-refractivity contribution >= 4 is 32.6 Å². The largest absolute Gasteiger partial charge is 0.496 e. The molecule has 3 nitrogen and oxygen atoms in total. The predicted molar refractivity (Wildman–Crippen MR) is 85.6 cm³/mol. The van der Waals surface area contributed by atoms with Gasteiger partial charge in [-0.05, 0) is 30.2 Å². The van der Waals surface area contributed by atoms with E-state index in [-0.39, 0.29) is 10.7 Å². The number of benzene rings is 2. The molecule has 0 aliphatic rings. The number of rotatable bonds is 5. The van der Waals surface area contributed by atoms with Gasteiger partial charge in [-0.2, -0.15) is 0 Å². The molecule has 0 aromatic heterocycles. The SMILES string of the molecule is COc1ccc2ccccc2c1CCNC(=O)C(C)Br. The Morgan fingerprint density at radius 1 is 1.30 bits per heavy atom. The van der Waals surface area contributed by atoms with Crippen molar-refractivity contribution in [2.45, 2.75) is 18.2 Å². The third-order valence-corrected chi connectivity index (χ3v) is 3.67. The number of carbonyl (C=O) groups excluding carboxylic acids is 1. The topological polar surface area (TPSA) is 38.3 Å². The van der Waals surface area contributed by atoms with Crippen LogP contribution in [0.25, 0.3) is 10.8 Å². The molecule has 1 N–H and O–H groups in total. The van der Waals surface area contributed by atoms with Crippen LogP contribution in [0.3, 0.4) is 0 Å². The molecule has 1 amide bonds. The maximum absolute atomic E-state index is 11.6. The fourth-order valence-electron chi connectivity index (χ4n) is 2.22. The Morgan fingerprint density at radius 3 is 2.75 bits per heavy atom. The number of hydrogen-bond acceptors (Lipinski definition) is 2. The van der Waals surface area contributed by atoms with Crippen molar-refractivity contribution in [1.29, 1.82) is 0 Å². The van der Waals surface area contributed by atoms with Crippen molar-refractivity contribution in [3.05, 3.63) is 42.0 Å². The second kappa shape index (κ2) is 6.75. The van der Waals surface area contributed by atoms with E-state index in [0.29, 0.717) is 6.54 Å². The van der Waals surface area contributed by atoms with Crippen molar-refractivity contribution in [1.82, 2.24) is 5.32 Å².